The highest BCUT2D eigenvalue weighted by Gasteiger charge is 2.35. The molecule has 4 rings (SSSR count). The third-order valence-corrected chi connectivity index (χ3v) is 5.34. The van der Waals surface area contributed by atoms with Crippen LogP contribution >= 0.6 is 9.41 Å². The number of carbonyl (C=O) groups excluding carboxylic acids is 1. The van der Waals surface area contributed by atoms with E-state index < -0.39 is 33.9 Å². The molecule has 1 fully saturated rings. The standard InChI is InChI=1S/C18H26N9O4P/c19-11(3-10-5-20-7-23-10)18(29)22-2-1-21-16-15-17(25-8-24-16)27(9-26-15)14-4-12(28)13(31-14)6-30-32/h5,7-9,11-14,28H,1-4,6,19,32H2,(H,20,23)(H,22,29)(H,21,24,25)/i32T. The third kappa shape index (κ3) is 5.03. The fraction of sp³-hybridized carbons (Fsp3) is 0.500. The van der Waals surface area contributed by atoms with Crippen molar-refractivity contribution in [3.63, 3.8) is 0 Å². The number of ether oxygens (including phenoxy) is 1. The van der Waals surface area contributed by atoms with Crippen molar-refractivity contribution in [2.24, 2.45) is 5.73 Å². The molecule has 1 amide bonds. The van der Waals surface area contributed by atoms with Gasteiger partial charge in [-0.2, -0.15) is 0 Å². The largest absolute Gasteiger partial charge is 0.390 e. The molecule has 0 radical (unpaired) electrons. The van der Waals surface area contributed by atoms with E-state index in [9.17, 15) is 9.90 Å². The van der Waals surface area contributed by atoms with E-state index in [1.165, 1.54) is 6.33 Å². The normalized spacial score (nSPS) is 22.4. The number of imidazole rings is 2. The molecule has 3 aromatic rings. The number of nitrogens with one attached hydrogen (secondary N) is 3. The molecule has 4 heterocycles. The van der Waals surface area contributed by atoms with E-state index in [1.807, 2.05) is 0 Å². The Morgan fingerprint density at radius 1 is 1.50 bits per heavy atom. The number of rotatable bonds is 11. The van der Waals surface area contributed by atoms with E-state index in [0.717, 1.165) is 5.69 Å². The first kappa shape index (κ1) is 21.2. The highest BCUT2D eigenvalue weighted by Crippen LogP contribution is 2.32. The summed E-state index contributed by atoms with van der Waals surface area (Å²) in [6, 6.07) is -0.676. The van der Waals surface area contributed by atoms with Gasteiger partial charge < -0.3 is 35.7 Å². The summed E-state index contributed by atoms with van der Waals surface area (Å²) >= 11 is 0. The van der Waals surface area contributed by atoms with E-state index in [2.05, 4.69) is 35.6 Å². The molecule has 0 spiro atoms. The molecule has 1 aliphatic heterocycles. The Bertz CT molecular complexity index is 1050. The number of nitrogens with two attached hydrogens (primary N) is 1. The van der Waals surface area contributed by atoms with Gasteiger partial charge in [0.15, 0.2) is 17.0 Å². The first-order chi connectivity index (χ1) is 16.1. The molecule has 5 unspecified atom stereocenters. The molecule has 0 aliphatic carbocycles. The van der Waals surface area contributed by atoms with Crippen molar-refractivity contribution in [1.82, 2.24) is 34.8 Å². The average Bonchev–Trinajstić information content (AvgIpc) is 3.55. The number of nitrogens with zero attached hydrogens (tertiary/aromatic N) is 5. The molecule has 32 heavy (non-hydrogen) atoms. The fourth-order valence-corrected chi connectivity index (χ4v) is 3.70. The van der Waals surface area contributed by atoms with Crippen LogP contribution in [0.1, 0.15) is 18.3 Å². The maximum Gasteiger partial charge on any atom is 0.237 e. The van der Waals surface area contributed by atoms with E-state index in [4.69, 9.17) is 16.3 Å². The van der Waals surface area contributed by atoms with Crippen LogP contribution in [0.15, 0.2) is 25.2 Å². The summed E-state index contributed by atoms with van der Waals surface area (Å²) in [6.45, 7) is 0.913. The predicted octanol–water partition coefficient (Wildman–Crippen LogP) is -0.897. The van der Waals surface area contributed by atoms with Gasteiger partial charge in [-0.15, -0.1) is 0 Å². The quantitative estimate of drug-likeness (QED) is 0.176. The molecule has 6 N–H and O–H groups in total. The van der Waals surface area contributed by atoms with Gasteiger partial charge >= 0.3 is 0 Å². The second kappa shape index (κ2) is 10.3. The zero-order valence-corrected chi connectivity index (χ0v) is 18.1. The molecule has 1 aliphatic rings. The van der Waals surface area contributed by atoms with Crippen LogP contribution in [-0.4, -0.2) is 79.7 Å². The lowest BCUT2D eigenvalue weighted by molar-refractivity contribution is -0.122. The fourth-order valence-electron chi connectivity index (χ4n) is 3.53. The van der Waals surface area contributed by atoms with Crippen LogP contribution in [0.4, 0.5) is 5.82 Å². The number of aromatic nitrogens is 6. The SMILES string of the molecule is [3H]POCC1OC(n2cnc3c(NCCNC(=O)C(N)Cc4cnc[nH]4)ncnc32)CC1O. The summed E-state index contributed by atoms with van der Waals surface area (Å²) in [5, 5.41) is 16.2. The third-order valence-electron chi connectivity index (χ3n) is 5.17. The minimum atomic E-state index is -0.702. The Morgan fingerprint density at radius 3 is 3.22 bits per heavy atom. The highest BCUT2D eigenvalue weighted by molar-refractivity contribution is 7.09. The maximum atomic E-state index is 12.2. The minimum Gasteiger partial charge on any atom is -0.390 e. The second-order valence-corrected chi connectivity index (χ2v) is 7.68. The Balaban J connectivity index is 1.31. The molecular weight excluding hydrogens is 437 g/mol. The Morgan fingerprint density at radius 2 is 2.41 bits per heavy atom. The molecule has 14 heteroatoms. The zero-order chi connectivity index (χ0) is 23.2. The number of hydrogen-bond donors (Lipinski definition) is 5. The maximum absolute atomic E-state index is 12.2. The van der Waals surface area contributed by atoms with Crippen LogP contribution in [0.2, 0.25) is 0 Å². The molecule has 172 valence electrons. The van der Waals surface area contributed by atoms with Crippen molar-refractivity contribution in [1.29, 1.82) is 1.28 Å². The Labute approximate surface area is 187 Å². The molecule has 5 atom stereocenters. The number of aliphatic hydroxyl groups is 1. The number of aromatic amines is 1. The predicted molar refractivity (Wildman–Crippen MR) is 117 cm³/mol. The number of carbonyl (C=O) groups is 1. The van der Waals surface area contributed by atoms with Gasteiger partial charge in [-0.3, -0.25) is 9.36 Å². The summed E-state index contributed by atoms with van der Waals surface area (Å²) in [7, 11) is -0.414. The molecule has 0 saturated carbocycles. The molecule has 13 nitrogen and oxygen atoms in total. The molecule has 0 aromatic carbocycles. The molecule has 3 aromatic heterocycles. The van der Waals surface area contributed by atoms with Crippen LogP contribution in [0, 0.1) is 0 Å². The highest BCUT2D eigenvalue weighted by atomic mass is 31.0. The van der Waals surface area contributed by atoms with E-state index >= 15 is 0 Å². The Kier molecular flexibility index (Phi) is 6.80. The van der Waals surface area contributed by atoms with Crippen LogP contribution in [0.3, 0.4) is 0 Å². The van der Waals surface area contributed by atoms with Crippen LogP contribution in [0.5, 0.6) is 0 Å². The summed E-state index contributed by atoms with van der Waals surface area (Å²) in [5.74, 6) is 0.258. The Hall–Kier alpha value is -2.70. The van der Waals surface area contributed by atoms with Gasteiger partial charge in [-0.25, -0.2) is 19.9 Å². The number of amides is 1. The van der Waals surface area contributed by atoms with Gasteiger partial charge in [0.05, 0.1) is 32.7 Å². The zero-order valence-electron chi connectivity index (χ0n) is 18.1. The average molecular weight is 465 g/mol. The van der Waals surface area contributed by atoms with Crippen molar-refractivity contribution >= 4 is 32.3 Å². The number of fused-ring (bicyclic) bond motifs is 1. The number of anilines is 1. The lowest BCUT2D eigenvalue weighted by Crippen LogP contribution is -2.43. The summed E-state index contributed by atoms with van der Waals surface area (Å²) in [4.78, 5) is 31.9. The lowest BCUT2D eigenvalue weighted by Gasteiger charge is -2.15. The monoisotopic (exact) mass is 465 g/mol. The summed E-state index contributed by atoms with van der Waals surface area (Å²) < 4.78 is 19.8. The van der Waals surface area contributed by atoms with Crippen molar-refractivity contribution in [2.75, 3.05) is 25.0 Å². The van der Waals surface area contributed by atoms with Crippen molar-refractivity contribution in [3.05, 3.63) is 30.9 Å². The van der Waals surface area contributed by atoms with Crippen LogP contribution in [0.25, 0.3) is 11.2 Å². The van der Waals surface area contributed by atoms with Gasteiger partial charge in [-0.05, 0) is 0 Å². The van der Waals surface area contributed by atoms with Gasteiger partial charge in [0.25, 0.3) is 0 Å². The van der Waals surface area contributed by atoms with Gasteiger partial charge in [-0.1, -0.05) is 0 Å². The van der Waals surface area contributed by atoms with Crippen molar-refractivity contribution in [3.8, 4) is 0 Å². The second-order valence-electron chi connectivity index (χ2n) is 7.39. The van der Waals surface area contributed by atoms with Crippen LogP contribution in [-0.2, 0) is 20.5 Å². The van der Waals surface area contributed by atoms with Gasteiger partial charge in [0.2, 0.25) is 5.91 Å². The smallest absolute Gasteiger partial charge is 0.237 e. The lowest BCUT2D eigenvalue weighted by atomic mass is 10.1. The van der Waals surface area contributed by atoms with E-state index in [0.29, 0.717) is 42.9 Å². The van der Waals surface area contributed by atoms with Gasteiger partial charge in [0.1, 0.15) is 18.7 Å². The van der Waals surface area contributed by atoms with E-state index in [1.54, 1.807) is 23.4 Å². The van der Waals surface area contributed by atoms with Crippen LogP contribution < -0.4 is 16.4 Å². The number of hydrogen-bond acceptors (Lipinski definition) is 10. The minimum absolute atomic E-state index is 0.158. The molecular formula is C18H26N9O4P. The first-order valence-electron chi connectivity index (χ1n) is 10.6. The molecule has 0 bridgehead atoms. The molecule has 1 saturated heterocycles. The van der Waals surface area contributed by atoms with Crippen molar-refractivity contribution < 1.29 is 19.2 Å². The first-order valence-corrected chi connectivity index (χ1v) is 10.5. The van der Waals surface area contributed by atoms with Gasteiger partial charge in [0, 0.05) is 47.2 Å². The van der Waals surface area contributed by atoms with Crippen molar-refractivity contribution in [2.45, 2.75) is 37.3 Å². The summed E-state index contributed by atoms with van der Waals surface area (Å²) in [6.07, 6.45) is 5.25. The number of aliphatic hydroxyl groups excluding tert-OH is 1. The number of H-pyrrole nitrogens is 1. The topological polar surface area (TPSA) is 178 Å². The summed E-state index contributed by atoms with van der Waals surface area (Å²) in [5.41, 5.74) is 7.82. The van der Waals surface area contributed by atoms with E-state index in [-0.39, 0.29) is 12.5 Å².